The number of thioether (sulfide) groups is 1. The van der Waals surface area contributed by atoms with Gasteiger partial charge in [0.15, 0.2) is 5.96 Å². The van der Waals surface area contributed by atoms with E-state index in [0.717, 1.165) is 44.3 Å². The summed E-state index contributed by atoms with van der Waals surface area (Å²) in [7, 11) is 3.48. The van der Waals surface area contributed by atoms with Crippen molar-refractivity contribution in [3.63, 3.8) is 0 Å². The fourth-order valence-corrected chi connectivity index (χ4v) is 3.18. The first-order chi connectivity index (χ1) is 11.0. The van der Waals surface area contributed by atoms with E-state index in [1.165, 1.54) is 0 Å². The maximum Gasteiger partial charge on any atom is 0.243 e. The Morgan fingerprint density at radius 1 is 1.42 bits per heavy atom. The van der Waals surface area contributed by atoms with E-state index >= 15 is 0 Å². The number of likely N-dealkylation sites (N-methyl/N-ethyl adjacent to an activating group) is 1. The second-order valence-corrected chi connectivity index (χ2v) is 7.06. The first-order valence-electron chi connectivity index (χ1n) is 8.04. The Hall–Kier alpha value is -0.710. The lowest BCUT2D eigenvalue weighted by Crippen LogP contribution is -2.56. The maximum absolute atomic E-state index is 11.8. The van der Waals surface area contributed by atoms with Crippen molar-refractivity contribution in [3.05, 3.63) is 0 Å². The van der Waals surface area contributed by atoms with Crippen LogP contribution in [0.25, 0.3) is 0 Å². The Bertz CT molecular complexity index is 475. The average Bonchev–Trinajstić information content (AvgIpc) is 2.91. The van der Waals surface area contributed by atoms with Crippen LogP contribution in [-0.4, -0.2) is 97.3 Å². The molecule has 0 saturated carbocycles. The minimum atomic E-state index is -0.0103. The van der Waals surface area contributed by atoms with Crippen molar-refractivity contribution >= 4 is 53.5 Å². The van der Waals surface area contributed by atoms with Crippen LogP contribution in [0.2, 0.25) is 0 Å². The molecule has 0 aliphatic carbocycles. The maximum atomic E-state index is 11.8. The van der Waals surface area contributed by atoms with Crippen LogP contribution in [0.15, 0.2) is 4.99 Å². The lowest BCUT2D eigenvalue weighted by molar-refractivity contribution is -0.130. The number of nitrogens with one attached hydrogen (secondary N) is 1. The van der Waals surface area contributed by atoms with E-state index in [9.17, 15) is 9.59 Å². The van der Waals surface area contributed by atoms with Crippen molar-refractivity contribution in [1.82, 2.24) is 20.0 Å². The molecule has 2 fully saturated rings. The highest BCUT2D eigenvalue weighted by Crippen LogP contribution is 2.22. The summed E-state index contributed by atoms with van der Waals surface area (Å²) in [5, 5.41) is 3.36. The highest BCUT2D eigenvalue weighted by molar-refractivity contribution is 14.0. The van der Waals surface area contributed by atoms with Gasteiger partial charge in [0.2, 0.25) is 11.8 Å². The molecule has 2 rings (SSSR count). The van der Waals surface area contributed by atoms with Crippen LogP contribution < -0.4 is 5.32 Å². The lowest BCUT2D eigenvalue weighted by Gasteiger charge is -2.39. The summed E-state index contributed by atoms with van der Waals surface area (Å²) in [6, 6.07) is 0.286. The van der Waals surface area contributed by atoms with Crippen LogP contribution in [0.4, 0.5) is 0 Å². The predicted molar refractivity (Wildman–Crippen MR) is 109 cm³/mol. The number of carbonyl (C=O) groups is 2. The van der Waals surface area contributed by atoms with Gasteiger partial charge in [0.1, 0.15) is 6.54 Å². The summed E-state index contributed by atoms with van der Waals surface area (Å²) in [6.07, 6.45) is 3.64. The van der Waals surface area contributed by atoms with Crippen molar-refractivity contribution in [2.24, 2.45) is 4.99 Å². The van der Waals surface area contributed by atoms with Gasteiger partial charge < -0.3 is 20.0 Å². The SMILES string of the molecule is CSCCNC(=NCC(=O)N(C)C)N1CCN2C(=O)CCC2C1.I. The average molecular weight is 469 g/mol. The molecule has 24 heavy (non-hydrogen) atoms. The molecule has 0 bridgehead atoms. The van der Waals surface area contributed by atoms with E-state index < -0.39 is 0 Å². The van der Waals surface area contributed by atoms with Gasteiger partial charge in [-0.1, -0.05) is 0 Å². The Morgan fingerprint density at radius 2 is 2.17 bits per heavy atom. The Balaban J connectivity index is 0.00000288. The number of hydrogen-bond donors (Lipinski definition) is 1. The van der Waals surface area contributed by atoms with Crippen LogP contribution in [0.3, 0.4) is 0 Å². The van der Waals surface area contributed by atoms with Crippen LogP contribution in [0.5, 0.6) is 0 Å². The third kappa shape index (κ3) is 5.68. The summed E-state index contributed by atoms with van der Waals surface area (Å²) in [6.45, 7) is 3.28. The number of carbonyl (C=O) groups excluding carboxylic acids is 2. The molecule has 1 N–H and O–H groups in total. The Kier molecular flexibility index (Phi) is 9.17. The summed E-state index contributed by atoms with van der Waals surface area (Å²) in [5.41, 5.74) is 0. The molecule has 2 saturated heterocycles. The highest BCUT2D eigenvalue weighted by atomic mass is 127. The fourth-order valence-electron chi connectivity index (χ4n) is 2.87. The Labute approximate surface area is 165 Å². The predicted octanol–water partition coefficient (Wildman–Crippen LogP) is 0.308. The number of fused-ring (bicyclic) bond motifs is 1. The quantitative estimate of drug-likeness (QED) is 0.272. The van der Waals surface area contributed by atoms with Crippen molar-refractivity contribution in [2.45, 2.75) is 18.9 Å². The van der Waals surface area contributed by atoms with E-state index in [0.29, 0.717) is 6.42 Å². The molecule has 2 heterocycles. The van der Waals surface area contributed by atoms with E-state index in [1.807, 2.05) is 4.90 Å². The molecular formula is C15H28IN5O2S. The largest absolute Gasteiger partial charge is 0.355 e. The summed E-state index contributed by atoms with van der Waals surface area (Å²) < 4.78 is 0. The summed E-state index contributed by atoms with van der Waals surface area (Å²) >= 11 is 1.77. The topological polar surface area (TPSA) is 68.2 Å². The van der Waals surface area contributed by atoms with Crippen LogP contribution in [0, 0.1) is 0 Å². The van der Waals surface area contributed by atoms with Gasteiger partial charge in [-0.25, -0.2) is 4.99 Å². The zero-order valence-corrected chi connectivity index (χ0v) is 17.8. The van der Waals surface area contributed by atoms with Gasteiger partial charge >= 0.3 is 0 Å². The smallest absolute Gasteiger partial charge is 0.243 e. The number of rotatable bonds is 5. The van der Waals surface area contributed by atoms with Crippen LogP contribution >= 0.6 is 35.7 Å². The monoisotopic (exact) mass is 469 g/mol. The molecule has 138 valence electrons. The minimum Gasteiger partial charge on any atom is -0.355 e. The van der Waals surface area contributed by atoms with Gasteiger partial charge in [-0.3, -0.25) is 9.59 Å². The molecule has 2 aliphatic heterocycles. The summed E-state index contributed by atoms with van der Waals surface area (Å²) in [5.74, 6) is 2.03. The molecule has 2 amide bonds. The molecule has 9 heteroatoms. The zero-order valence-electron chi connectivity index (χ0n) is 14.7. The molecule has 7 nitrogen and oxygen atoms in total. The van der Waals surface area contributed by atoms with Gasteiger partial charge in [-0.05, 0) is 12.7 Å². The molecule has 0 spiro atoms. The number of amides is 2. The first-order valence-corrected chi connectivity index (χ1v) is 9.44. The molecule has 0 aromatic rings. The van der Waals surface area contributed by atoms with Crippen LogP contribution in [0.1, 0.15) is 12.8 Å². The molecule has 0 radical (unpaired) electrons. The number of guanidine groups is 1. The van der Waals surface area contributed by atoms with Gasteiger partial charge in [0.05, 0.1) is 0 Å². The van der Waals surface area contributed by atoms with Crippen LogP contribution in [-0.2, 0) is 9.59 Å². The normalized spacial score (nSPS) is 20.5. The third-order valence-electron chi connectivity index (χ3n) is 4.25. The van der Waals surface area contributed by atoms with Gasteiger partial charge in [0, 0.05) is 58.5 Å². The first kappa shape index (κ1) is 21.3. The number of piperazine rings is 1. The fraction of sp³-hybridized carbons (Fsp3) is 0.800. The van der Waals surface area contributed by atoms with E-state index in [4.69, 9.17) is 0 Å². The second kappa shape index (κ2) is 10.3. The third-order valence-corrected chi connectivity index (χ3v) is 4.86. The standard InChI is InChI=1S/C15H27N5O2S.HI/c1-18(2)14(22)10-17-15(16-6-9-23-3)19-7-8-20-12(11-19)4-5-13(20)21;/h12H,4-11H2,1-3H3,(H,16,17);1H. The molecular weight excluding hydrogens is 441 g/mol. The van der Waals surface area contributed by atoms with E-state index in [1.54, 1.807) is 30.8 Å². The van der Waals surface area contributed by atoms with Crippen molar-refractivity contribution in [1.29, 1.82) is 0 Å². The highest BCUT2D eigenvalue weighted by Gasteiger charge is 2.36. The summed E-state index contributed by atoms with van der Waals surface area (Å²) in [4.78, 5) is 33.8. The number of halogens is 1. The molecule has 1 atom stereocenters. The van der Waals surface area contributed by atoms with Crippen molar-refractivity contribution in [2.75, 3.05) is 58.8 Å². The number of nitrogens with zero attached hydrogens (tertiary/aromatic N) is 4. The van der Waals surface area contributed by atoms with Gasteiger partial charge in [0.25, 0.3) is 0 Å². The van der Waals surface area contributed by atoms with Gasteiger partial charge in [-0.15, -0.1) is 24.0 Å². The lowest BCUT2D eigenvalue weighted by atomic mass is 10.1. The Morgan fingerprint density at radius 3 is 2.83 bits per heavy atom. The number of aliphatic imine (C=N–C) groups is 1. The molecule has 2 aliphatic rings. The van der Waals surface area contributed by atoms with Crippen molar-refractivity contribution in [3.8, 4) is 0 Å². The van der Waals surface area contributed by atoms with E-state index in [-0.39, 0.29) is 48.4 Å². The zero-order chi connectivity index (χ0) is 16.8. The van der Waals surface area contributed by atoms with Crippen molar-refractivity contribution < 1.29 is 9.59 Å². The van der Waals surface area contributed by atoms with Gasteiger partial charge in [-0.2, -0.15) is 11.8 Å². The second-order valence-electron chi connectivity index (χ2n) is 6.07. The van der Waals surface area contributed by atoms with E-state index in [2.05, 4.69) is 21.5 Å². The molecule has 0 aromatic heterocycles. The number of hydrogen-bond acceptors (Lipinski definition) is 4. The molecule has 0 aromatic carbocycles. The molecule has 1 unspecified atom stereocenters. The minimum absolute atomic E-state index is 0.